The maximum absolute atomic E-state index is 13.7. The van der Waals surface area contributed by atoms with Crippen molar-refractivity contribution in [2.24, 2.45) is 0 Å². The highest BCUT2D eigenvalue weighted by atomic mass is 32.2. The fourth-order valence-electron chi connectivity index (χ4n) is 2.25. The summed E-state index contributed by atoms with van der Waals surface area (Å²) in [6.07, 6.45) is 1.59. The fourth-order valence-corrected chi connectivity index (χ4v) is 3.69. The highest BCUT2D eigenvalue weighted by Crippen LogP contribution is 2.16. The quantitative estimate of drug-likeness (QED) is 0.748. The van der Waals surface area contributed by atoms with Crippen molar-refractivity contribution in [1.29, 1.82) is 0 Å². The molecule has 1 aromatic carbocycles. The van der Waals surface area contributed by atoms with E-state index >= 15 is 0 Å². The molecule has 0 radical (unpaired) electrons. The van der Waals surface area contributed by atoms with E-state index in [-0.39, 0.29) is 11.3 Å². The smallest absolute Gasteiger partial charge is 0.251 e. The normalized spacial score (nSPS) is 11.2. The summed E-state index contributed by atoms with van der Waals surface area (Å²) in [7, 11) is -3.50. The van der Waals surface area contributed by atoms with Crippen LogP contribution in [0.2, 0.25) is 0 Å². The standard InChI is InChI=1S/C17H19FN2O4S2/c1-11-3-4-15(25-11)5-6-19-17(22)12-7-13(18)9-14(8-12)20-16(21)10-26(2,23)24/h3-4,7-9H,5-6,10H2,1-2H3,(H,19,22)(H,20,21). The molecule has 0 atom stereocenters. The average Bonchev–Trinajstić information content (AvgIpc) is 2.90. The zero-order valence-corrected chi connectivity index (χ0v) is 16.0. The van der Waals surface area contributed by atoms with E-state index in [0.29, 0.717) is 13.0 Å². The minimum Gasteiger partial charge on any atom is -0.352 e. The molecule has 140 valence electrons. The van der Waals surface area contributed by atoms with Crippen LogP contribution < -0.4 is 10.6 Å². The summed E-state index contributed by atoms with van der Waals surface area (Å²) in [6.45, 7) is 2.39. The summed E-state index contributed by atoms with van der Waals surface area (Å²) in [5, 5.41) is 4.98. The van der Waals surface area contributed by atoms with Crippen LogP contribution in [0.25, 0.3) is 0 Å². The summed E-state index contributed by atoms with van der Waals surface area (Å²) in [4.78, 5) is 26.1. The lowest BCUT2D eigenvalue weighted by Gasteiger charge is -2.09. The number of carbonyl (C=O) groups is 2. The van der Waals surface area contributed by atoms with Gasteiger partial charge in [-0.1, -0.05) is 0 Å². The number of halogens is 1. The Hall–Kier alpha value is -2.26. The molecule has 0 bridgehead atoms. The number of benzene rings is 1. The van der Waals surface area contributed by atoms with Crippen molar-refractivity contribution in [3.63, 3.8) is 0 Å². The summed E-state index contributed by atoms with van der Waals surface area (Å²) < 4.78 is 35.9. The largest absolute Gasteiger partial charge is 0.352 e. The van der Waals surface area contributed by atoms with E-state index in [1.807, 2.05) is 19.1 Å². The van der Waals surface area contributed by atoms with E-state index in [1.54, 1.807) is 11.3 Å². The number of hydrogen-bond acceptors (Lipinski definition) is 5. The van der Waals surface area contributed by atoms with Gasteiger partial charge in [0, 0.05) is 33.8 Å². The van der Waals surface area contributed by atoms with E-state index in [2.05, 4.69) is 10.6 Å². The van der Waals surface area contributed by atoms with Gasteiger partial charge >= 0.3 is 0 Å². The minimum atomic E-state index is -3.50. The first-order chi connectivity index (χ1) is 12.1. The van der Waals surface area contributed by atoms with Gasteiger partial charge in [-0.3, -0.25) is 9.59 Å². The third-order valence-corrected chi connectivity index (χ3v) is 5.14. The lowest BCUT2D eigenvalue weighted by atomic mass is 10.1. The van der Waals surface area contributed by atoms with Gasteiger partial charge in [-0.15, -0.1) is 11.3 Å². The van der Waals surface area contributed by atoms with E-state index in [0.717, 1.165) is 23.3 Å². The van der Waals surface area contributed by atoms with Crippen molar-refractivity contribution in [3.8, 4) is 0 Å². The summed E-state index contributed by atoms with van der Waals surface area (Å²) in [5.41, 5.74) is 0.0692. The first-order valence-corrected chi connectivity index (χ1v) is 10.6. The van der Waals surface area contributed by atoms with Gasteiger partial charge in [0.2, 0.25) is 5.91 Å². The molecular weight excluding hydrogens is 379 g/mol. The molecule has 2 N–H and O–H groups in total. The Bertz CT molecular complexity index is 923. The van der Waals surface area contributed by atoms with Gasteiger partial charge in [0.05, 0.1) is 0 Å². The highest BCUT2D eigenvalue weighted by Gasteiger charge is 2.14. The van der Waals surface area contributed by atoms with Gasteiger partial charge in [-0.25, -0.2) is 12.8 Å². The molecule has 2 amide bonds. The van der Waals surface area contributed by atoms with Crippen LogP contribution in [0, 0.1) is 12.7 Å². The Labute approximate surface area is 155 Å². The summed E-state index contributed by atoms with van der Waals surface area (Å²) in [6, 6.07) is 7.36. The zero-order valence-electron chi connectivity index (χ0n) is 14.3. The molecule has 0 saturated heterocycles. The second kappa shape index (κ2) is 8.41. The predicted molar refractivity (Wildman–Crippen MR) is 99.8 cm³/mol. The Kier molecular flexibility index (Phi) is 6.49. The van der Waals surface area contributed by atoms with Crippen LogP contribution in [0.5, 0.6) is 0 Å². The van der Waals surface area contributed by atoms with Crippen LogP contribution in [0.15, 0.2) is 30.3 Å². The van der Waals surface area contributed by atoms with E-state index in [1.165, 1.54) is 10.9 Å². The number of nitrogens with one attached hydrogen (secondary N) is 2. The van der Waals surface area contributed by atoms with Crippen molar-refractivity contribution in [2.45, 2.75) is 13.3 Å². The number of hydrogen-bond donors (Lipinski definition) is 2. The topological polar surface area (TPSA) is 92.3 Å². The van der Waals surface area contributed by atoms with Gasteiger partial charge in [-0.05, 0) is 43.7 Å². The Morgan fingerprint density at radius 2 is 1.92 bits per heavy atom. The van der Waals surface area contributed by atoms with Gasteiger partial charge in [0.15, 0.2) is 9.84 Å². The second-order valence-corrected chi connectivity index (χ2v) is 9.38. The molecular formula is C17H19FN2O4S2. The molecule has 0 aliphatic heterocycles. The van der Waals surface area contributed by atoms with Crippen LogP contribution >= 0.6 is 11.3 Å². The number of amides is 2. The maximum Gasteiger partial charge on any atom is 0.251 e. The van der Waals surface area contributed by atoms with Gasteiger partial charge in [0.1, 0.15) is 11.6 Å². The first kappa shape index (κ1) is 20.1. The number of carbonyl (C=O) groups excluding carboxylic acids is 2. The molecule has 1 aromatic heterocycles. The zero-order chi connectivity index (χ0) is 19.3. The average molecular weight is 398 g/mol. The van der Waals surface area contributed by atoms with E-state index < -0.39 is 33.2 Å². The SMILES string of the molecule is Cc1ccc(CCNC(=O)c2cc(F)cc(NC(=O)CS(C)(=O)=O)c2)s1. The van der Waals surface area contributed by atoms with E-state index in [4.69, 9.17) is 0 Å². The summed E-state index contributed by atoms with van der Waals surface area (Å²) >= 11 is 1.64. The third-order valence-electron chi connectivity index (χ3n) is 3.29. The molecule has 9 heteroatoms. The van der Waals surface area contributed by atoms with Gasteiger partial charge in [-0.2, -0.15) is 0 Å². The molecule has 2 aromatic rings. The number of aryl methyl sites for hydroxylation is 1. The lowest BCUT2D eigenvalue weighted by Crippen LogP contribution is -2.26. The number of anilines is 1. The second-order valence-electron chi connectivity index (χ2n) is 5.87. The van der Waals surface area contributed by atoms with Gasteiger partial charge in [0.25, 0.3) is 5.91 Å². The molecule has 2 rings (SSSR count). The minimum absolute atomic E-state index is 0.0256. The lowest BCUT2D eigenvalue weighted by molar-refractivity contribution is -0.113. The van der Waals surface area contributed by atoms with Crippen molar-refractivity contribution < 1.29 is 22.4 Å². The van der Waals surface area contributed by atoms with Crippen molar-refractivity contribution in [3.05, 3.63) is 51.5 Å². The monoisotopic (exact) mass is 398 g/mol. The van der Waals surface area contributed by atoms with Crippen LogP contribution in [-0.2, 0) is 21.1 Å². The van der Waals surface area contributed by atoms with E-state index in [9.17, 15) is 22.4 Å². The van der Waals surface area contributed by atoms with Crippen LogP contribution in [0.4, 0.5) is 10.1 Å². The molecule has 0 unspecified atom stereocenters. The highest BCUT2D eigenvalue weighted by molar-refractivity contribution is 7.91. The molecule has 0 fully saturated rings. The fraction of sp³-hybridized carbons (Fsp3) is 0.294. The number of thiophene rings is 1. The molecule has 0 spiro atoms. The maximum atomic E-state index is 13.7. The Morgan fingerprint density at radius 3 is 2.54 bits per heavy atom. The molecule has 0 aliphatic carbocycles. The van der Waals surface area contributed by atoms with Crippen molar-refractivity contribution >= 4 is 38.7 Å². The molecule has 1 heterocycles. The molecule has 0 saturated carbocycles. The van der Waals surface area contributed by atoms with Crippen molar-refractivity contribution in [2.75, 3.05) is 23.9 Å². The first-order valence-electron chi connectivity index (χ1n) is 7.74. The molecule has 6 nitrogen and oxygen atoms in total. The third kappa shape index (κ3) is 6.57. The predicted octanol–water partition coefficient (Wildman–Crippen LogP) is 2.15. The Balaban J connectivity index is 1.98. The van der Waals surface area contributed by atoms with Crippen LogP contribution in [-0.4, -0.2) is 38.8 Å². The number of sulfone groups is 1. The van der Waals surface area contributed by atoms with Gasteiger partial charge < -0.3 is 10.6 Å². The molecule has 0 aliphatic rings. The van der Waals surface area contributed by atoms with Crippen LogP contribution in [0.3, 0.4) is 0 Å². The number of rotatable bonds is 7. The molecule has 26 heavy (non-hydrogen) atoms. The summed E-state index contributed by atoms with van der Waals surface area (Å²) in [5.74, 6) is -2.69. The van der Waals surface area contributed by atoms with Crippen LogP contribution in [0.1, 0.15) is 20.1 Å². The Morgan fingerprint density at radius 1 is 1.19 bits per heavy atom. The van der Waals surface area contributed by atoms with Crippen molar-refractivity contribution in [1.82, 2.24) is 5.32 Å².